The predicted molar refractivity (Wildman–Crippen MR) is 97.7 cm³/mol. The number of carbonyl (C=O) groups is 1. The zero-order valence-electron chi connectivity index (χ0n) is 14.9. The molecular weight excluding hydrogens is 370 g/mol. The number of nitrogens with zero attached hydrogens (tertiary/aromatic N) is 2. The van der Waals surface area contributed by atoms with E-state index in [0.29, 0.717) is 25.4 Å². The normalized spacial score (nSPS) is 18.0. The lowest BCUT2D eigenvalue weighted by Gasteiger charge is -2.35. The van der Waals surface area contributed by atoms with E-state index in [1.54, 1.807) is 18.5 Å². The molecule has 1 N–H and O–H groups in total. The summed E-state index contributed by atoms with van der Waals surface area (Å²) in [4.78, 5) is 15.4. The molecule has 27 heavy (non-hydrogen) atoms. The fourth-order valence-corrected chi connectivity index (χ4v) is 4.49. The van der Waals surface area contributed by atoms with E-state index < -0.39 is 16.0 Å². The summed E-state index contributed by atoms with van der Waals surface area (Å²) in [5, 5.41) is 3.23. The fourth-order valence-electron chi connectivity index (χ4n) is 2.87. The van der Waals surface area contributed by atoms with Crippen molar-refractivity contribution in [1.29, 1.82) is 0 Å². The van der Waals surface area contributed by atoms with E-state index in [1.807, 2.05) is 6.07 Å². The van der Waals surface area contributed by atoms with Crippen LogP contribution in [0, 0.1) is 0 Å². The lowest BCUT2D eigenvalue weighted by Crippen LogP contribution is -2.48. The van der Waals surface area contributed by atoms with Gasteiger partial charge in [-0.05, 0) is 35.9 Å². The molecule has 1 aromatic carbocycles. The summed E-state index contributed by atoms with van der Waals surface area (Å²) in [6.45, 7) is 1.23. The minimum absolute atomic E-state index is 0.170. The van der Waals surface area contributed by atoms with E-state index in [0.717, 1.165) is 5.56 Å². The summed E-state index contributed by atoms with van der Waals surface area (Å²) in [6, 6.07) is 9.34. The van der Waals surface area contributed by atoms with Crippen molar-refractivity contribution in [3.05, 3.63) is 54.4 Å². The minimum atomic E-state index is -3.69. The summed E-state index contributed by atoms with van der Waals surface area (Å²) in [7, 11) is -2.42. The highest BCUT2D eigenvalue weighted by molar-refractivity contribution is 7.89. The van der Waals surface area contributed by atoms with Gasteiger partial charge in [0.15, 0.2) is 6.61 Å². The van der Waals surface area contributed by atoms with Crippen LogP contribution in [0.2, 0.25) is 0 Å². The second-order valence-corrected chi connectivity index (χ2v) is 7.85. The third-order valence-electron chi connectivity index (χ3n) is 4.28. The Morgan fingerprint density at radius 3 is 2.74 bits per heavy atom. The Labute approximate surface area is 158 Å². The third kappa shape index (κ3) is 4.44. The van der Waals surface area contributed by atoms with Crippen molar-refractivity contribution in [1.82, 2.24) is 14.6 Å². The Hall–Kier alpha value is -2.49. The van der Waals surface area contributed by atoms with Gasteiger partial charge in [-0.3, -0.25) is 4.98 Å². The quantitative estimate of drug-likeness (QED) is 0.733. The van der Waals surface area contributed by atoms with Gasteiger partial charge in [0.1, 0.15) is 5.75 Å². The van der Waals surface area contributed by atoms with E-state index >= 15 is 0 Å². The molecule has 2 aromatic rings. The van der Waals surface area contributed by atoms with Crippen LogP contribution in [0.1, 0.15) is 11.6 Å². The molecule has 0 saturated carbocycles. The molecule has 1 atom stereocenters. The second-order valence-electron chi connectivity index (χ2n) is 5.96. The van der Waals surface area contributed by atoms with E-state index in [9.17, 15) is 13.2 Å². The van der Waals surface area contributed by atoms with Crippen LogP contribution in [-0.4, -0.2) is 57.0 Å². The van der Waals surface area contributed by atoms with Crippen LogP contribution in [0.3, 0.4) is 0 Å². The molecule has 0 radical (unpaired) electrons. The summed E-state index contributed by atoms with van der Waals surface area (Å²) in [5.74, 6) is -0.115. The molecule has 1 fully saturated rings. The highest BCUT2D eigenvalue weighted by Gasteiger charge is 2.34. The molecule has 1 aliphatic rings. The molecule has 1 aromatic heterocycles. The first-order valence-corrected chi connectivity index (χ1v) is 9.88. The smallest absolute Gasteiger partial charge is 0.343 e. The van der Waals surface area contributed by atoms with E-state index in [-0.39, 0.29) is 17.5 Å². The lowest BCUT2D eigenvalue weighted by molar-refractivity contribution is -0.142. The van der Waals surface area contributed by atoms with Gasteiger partial charge in [0.05, 0.1) is 18.0 Å². The van der Waals surface area contributed by atoms with Crippen molar-refractivity contribution in [2.75, 3.05) is 33.4 Å². The van der Waals surface area contributed by atoms with Gasteiger partial charge in [0.2, 0.25) is 10.0 Å². The molecule has 144 valence electrons. The topological polar surface area (TPSA) is 97.8 Å². The number of nitrogens with one attached hydrogen (secondary N) is 1. The number of benzene rings is 1. The van der Waals surface area contributed by atoms with Crippen LogP contribution in [0.4, 0.5) is 0 Å². The zero-order valence-corrected chi connectivity index (χ0v) is 15.7. The number of esters is 1. The molecule has 1 saturated heterocycles. The molecule has 1 aliphatic heterocycles. The van der Waals surface area contributed by atoms with Gasteiger partial charge in [-0.1, -0.05) is 6.07 Å². The fraction of sp³-hybridized carbons (Fsp3) is 0.333. The van der Waals surface area contributed by atoms with E-state index in [4.69, 9.17) is 4.74 Å². The van der Waals surface area contributed by atoms with Gasteiger partial charge < -0.3 is 14.8 Å². The van der Waals surface area contributed by atoms with Crippen molar-refractivity contribution in [2.24, 2.45) is 0 Å². The van der Waals surface area contributed by atoms with Crippen molar-refractivity contribution < 1.29 is 22.7 Å². The average molecular weight is 391 g/mol. The number of hydrogen-bond donors (Lipinski definition) is 1. The van der Waals surface area contributed by atoms with E-state index in [2.05, 4.69) is 15.0 Å². The maximum absolute atomic E-state index is 13.2. The Morgan fingerprint density at radius 2 is 2.07 bits per heavy atom. The largest absolute Gasteiger partial charge is 0.482 e. The first-order valence-electron chi connectivity index (χ1n) is 8.44. The molecule has 0 aliphatic carbocycles. The lowest BCUT2D eigenvalue weighted by atomic mass is 10.1. The number of aromatic nitrogens is 1. The SMILES string of the molecule is COC(=O)COc1ccc(S(=O)(=O)N2CCNCC2c2cccnc2)cc1. The third-order valence-corrected chi connectivity index (χ3v) is 6.20. The first-order chi connectivity index (χ1) is 13.0. The Bertz CT molecular complexity index is 872. The molecule has 9 heteroatoms. The van der Waals surface area contributed by atoms with Crippen molar-refractivity contribution in [2.45, 2.75) is 10.9 Å². The molecule has 3 rings (SSSR count). The summed E-state index contributed by atoms with van der Waals surface area (Å²) in [6.07, 6.45) is 3.34. The number of pyridine rings is 1. The van der Waals surface area contributed by atoms with E-state index in [1.165, 1.54) is 35.7 Å². The van der Waals surface area contributed by atoms with Gasteiger partial charge in [-0.2, -0.15) is 4.31 Å². The van der Waals surface area contributed by atoms with Gasteiger partial charge in [0.25, 0.3) is 0 Å². The first kappa shape index (κ1) is 19.3. The number of sulfonamides is 1. The van der Waals surface area contributed by atoms with Crippen LogP contribution >= 0.6 is 0 Å². The van der Waals surface area contributed by atoms with Gasteiger partial charge in [-0.15, -0.1) is 0 Å². The van der Waals surface area contributed by atoms with Crippen LogP contribution in [0.25, 0.3) is 0 Å². The standard InChI is InChI=1S/C18H21N3O5S/c1-25-18(22)13-26-15-4-6-16(7-5-15)27(23,24)21-10-9-20-12-17(21)14-3-2-8-19-11-14/h2-8,11,17,20H,9-10,12-13H2,1H3. The molecule has 2 heterocycles. The number of methoxy groups -OCH3 is 1. The Kier molecular flexibility index (Phi) is 6.04. The molecule has 0 spiro atoms. The van der Waals surface area contributed by atoms with Crippen molar-refractivity contribution in [3.63, 3.8) is 0 Å². The van der Waals surface area contributed by atoms with Crippen molar-refractivity contribution >= 4 is 16.0 Å². The van der Waals surface area contributed by atoms with Gasteiger partial charge >= 0.3 is 5.97 Å². The van der Waals surface area contributed by atoms with Crippen LogP contribution in [-0.2, 0) is 19.6 Å². The Morgan fingerprint density at radius 1 is 1.30 bits per heavy atom. The predicted octanol–water partition coefficient (Wildman–Crippen LogP) is 0.969. The highest BCUT2D eigenvalue weighted by atomic mass is 32.2. The summed E-state index contributed by atoms with van der Waals surface area (Å²) >= 11 is 0. The average Bonchev–Trinajstić information content (AvgIpc) is 2.73. The van der Waals surface area contributed by atoms with Gasteiger partial charge in [-0.25, -0.2) is 13.2 Å². The van der Waals surface area contributed by atoms with Crippen LogP contribution in [0.5, 0.6) is 5.75 Å². The van der Waals surface area contributed by atoms with Crippen molar-refractivity contribution in [3.8, 4) is 5.75 Å². The number of ether oxygens (including phenoxy) is 2. The Balaban J connectivity index is 1.80. The maximum atomic E-state index is 13.2. The number of hydrogen-bond acceptors (Lipinski definition) is 7. The van der Waals surface area contributed by atoms with Crippen LogP contribution < -0.4 is 10.1 Å². The highest BCUT2D eigenvalue weighted by Crippen LogP contribution is 2.29. The summed E-state index contributed by atoms with van der Waals surface area (Å²) < 4.78 is 37.6. The molecule has 0 bridgehead atoms. The monoisotopic (exact) mass is 391 g/mol. The minimum Gasteiger partial charge on any atom is -0.482 e. The second kappa shape index (κ2) is 8.47. The molecule has 1 unspecified atom stereocenters. The van der Waals surface area contributed by atoms with Gasteiger partial charge in [0, 0.05) is 32.0 Å². The maximum Gasteiger partial charge on any atom is 0.343 e. The number of carbonyl (C=O) groups excluding carboxylic acids is 1. The molecule has 0 amide bonds. The number of rotatable bonds is 6. The number of piperazine rings is 1. The van der Waals surface area contributed by atoms with Crippen LogP contribution in [0.15, 0.2) is 53.7 Å². The zero-order chi connectivity index (χ0) is 19.3. The summed E-state index contributed by atoms with van der Waals surface area (Å²) in [5.41, 5.74) is 0.839. The molecule has 8 nitrogen and oxygen atoms in total. The molecular formula is C18H21N3O5S.